The summed E-state index contributed by atoms with van der Waals surface area (Å²) in [7, 11) is 0. The number of hydrogen-bond acceptors (Lipinski definition) is 4. The van der Waals surface area contributed by atoms with E-state index in [9.17, 15) is 0 Å². The predicted octanol–water partition coefficient (Wildman–Crippen LogP) is 5.25. The average Bonchev–Trinajstić information content (AvgIpc) is 2.76. The Morgan fingerprint density at radius 1 is 0.833 bits per heavy atom. The summed E-state index contributed by atoms with van der Waals surface area (Å²) in [5.41, 5.74) is 5.18. The largest absolute Gasteiger partial charge is 0.457 e. The van der Waals surface area contributed by atoms with Gasteiger partial charge >= 0.3 is 0 Å². The fourth-order valence-electron chi connectivity index (χ4n) is 3.71. The molecule has 1 heterocycles. The molecule has 0 aromatic heterocycles. The van der Waals surface area contributed by atoms with E-state index in [1.165, 1.54) is 16.7 Å². The van der Waals surface area contributed by atoms with Gasteiger partial charge in [-0.3, -0.25) is 9.91 Å². The van der Waals surface area contributed by atoms with Crippen LogP contribution in [0.3, 0.4) is 0 Å². The molecule has 3 aromatic rings. The van der Waals surface area contributed by atoms with Crippen LogP contribution in [0.2, 0.25) is 0 Å². The van der Waals surface area contributed by atoms with E-state index in [1.807, 2.05) is 54.7 Å². The number of hydrazone groups is 1. The minimum atomic E-state index is 0.823. The fraction of sp³-hybridized carbons (Fsp3) is 0.269. The third-order valence-electron chi connectivity index (χ3n) is 5.45. The Balaban J connectivity index is 1.30. The van der Waals surface area contributed by atoms with E-state index >= 15 is 0 Å². The molecule has 30 heavy (non-hydrogen) atoms. The van der Waals surface area contributed by atoms with Crippen molar-refractivity contribution in [1.82, 2.24) is 9.91 Å². The van der Waals surface area contributed by atoms with Crippen molar-refractivity contribution in [2.45, 2.75) is 20.4 Å². The molecule has 0 bridgehead atoms. The van der Waals surface area contributed by atoms with Crippen molar-refractivity contribution in [1.29, 1.82) is 0 Å². The lowest BCUT2D eigenvalue weighted by atomic mass is 10.1. The number of piperazine rings is 1. The number of ether oxygens (including phenoxy) is 1. The van der Waals surface area contributed by atoms with Crippen molar-refractivity contribution in [3.05, 3.63) is 95.1 Å². The first-order valence-corrected chi connectivity index (χ1v) is 10.6. The van der Waals surface area contributed by atoms with Gasteiger partial charge in [0.15, 0.2) is 0 Å². The second-order valence-electron chi connectivity index (χ2n) is 7.89. The number of aryl methyl sites for hydroxylation is 2. The maximum absolute atomic E-state index is 5.92. The molecule has 0 amide bonds. The van der Waals surface area contributed by atoms with Gasteiger partial charge in [0.05, 0.1) is 6.21 Å². The summed E-state index contributed by atoms with van der Waals surface area (Å²) in [5.74, 6) is 1.66. The van der Waals surface area contributed by atoms with E-state index in [4.69, 9.17) is 9.84 Å². The maximum atomic E-state index is 5.92. The Kier molecular flexibility index (Phi) is 6.45. The topological polar surface area (TPSA) is 28.1 Å². The molecule has 1 saturated heterocycles. The molecule has 1 fully saturated rings. The van der Waals surface area contributed by atoms with Gasteiger partial charge in [-0.2, -0.15) is 5.10 Å². The number of nitrogens with zero attached hydrogens (tertiary/aromatic N) is 3. The van der Waals surface area contributed by atoms with Crippen LogP contribution in [0.4, 0.5) is 0 Å². The van der Waals surface area contributed by atoms with Gasteiger partial charge in [0.1, 0.15) is 11.5 Å². The highest BCUT2D eigenvalue weighted by Crippen LogP contribution is 2.21. The number of hydrogen-bond donors (Lipinski definition) is 0. The molecule has 154 valence electrons. The van der Waals surface area contributed by atoms with Crippen LogP contribution in [0, 0.1) is 13.8 Å². The van der Waals surface area contributed by atoms with Gasteiger partial charge in [-0.1, -0.05) is 54.1 Å². The van der Waals surface area contributed by atoms with Gasteiger partial charge in [0, 0.05) is 32.7 Å². The summed E-state index contributed by atoms with van der Waals surface area (Å²) < 4.78 is 5.92. The van der Waals surface area contributed by atoms with E-state index < -0.39 is 0 Å². The first kappa shape index (κ1) is 20.2. The fourth-order valence-corrected chi connectivity index (χ4v) is 3.71. The normalized spacial score (nSPS) is 14.9. The zero-order valence-corrected chi connectivity index (χ0v) is 17.8. The summed E-state index contributed by atoms with van der Waals surface area (Å²) in [6.45, 7) is 9.32. The summed E-state index contributed by atoms with van der Waals surface area (Å²) in [4.78, 5) is 2.51. The Morgan fingerprint density at radius 2 is 1.60 bits per heavy atom. The number of para-hydroxylation sites is 1. The minimum absolute atomic E-state index is 0.823. The molecular formula is C26H29N3O. The second kappa shape index (κ2) is 9.59. The van der Waals surface area contributed by atoms with Gasteiger partial charge in [-0.05, 0) is 54.8 Å². The van der Waals surface area contributed by atoms with E-state index in [0.717, 1.165) is 49.8 Å². The Bertz CT molecular complexity index is 992. The Morgan fingerprint density at radius 3 is 2.37 bits per heavy atom. The van der Waals surface area contributed by atoms with Crippen LogP contribution < -0.4 is 4.74 Å². The summed E-state index contributed by atoms with van der Waals surface area (Å²) >= 11 is 0. The third kappa shape index (κ3) is 5.49. The van der Waals surface area contributed by atoms with Crippen molar-refractivity contribution < 1.29 is 4.74 Å². The molecule has 0 atom stereocenters. The van der Waals surface area contributed by atoms with Crippen LogP contribution >= 0.6 is 0 Å². The highest BCUT2D eigenvalue weighted by molar-refractivity contribution is 5.80. The zero-order valence-electron chi connectivity index (χ0n) is 17.8. The molecule has 0 N–H and O–H groups in total. The van der Waals surface area contributed by atoms with Crippen molar-refractivity contribution in [3.8, 4) is 11.5 Å². The van der Waals surface area contributed by atoms with Crippen molar-refractivity contribution >= 4 is 6.21 Å². The van der Waals surface area contributed by atoms with Crippen molar-refractivity contribution in [2.75, 3.05) is 26.2 Å². The molecule has 4 nitrogen and oxygen atoms in total. The van der Waals surface area contributed by atoms with Crippen LogP contribution in [0.5, 0.6) is 11.5 Å². The lowest BCUT2D eigenvalue weighted by molar-refractivity contribution is 0.131. The predicted molar refractivity (Wildman–Crippen MR) is 123 cm³/mol. The molecule has 0 spiro atoms. The molecule has 0 radical (unpaired) electrons. The molecule has 3 aromatic carbocycles. The van der Waals surface area contributed by atoms with Gasteiger partial charge in [-0.25, -0.2) is 0 Å². The Labute approximate surface area is 179 Å². The lowest BCUT2D eigenvalue weighted by Crippen LogP contribution is -2.43. The van der Waals surface area contributed by atoms with Gasteiger partial charge < -0.3 is 4.74 Å². The van der Waals surface area contributed by atoms with Crippen LogP contribution in [-0.2, 0) is 6.54 Å². The molecule has 0 aliphatic carbocycles. The average molecular weight is 400 g/mol. The molecule has 4 heteroatoms. The number of rotatable bonds is 6. The highest BCUT2D eigenvalue weighted by atomic mass is 16.5. The molecular weight excluding hydrogens is 370 g/mol. The molecule has 1 aliphatic heterocycles. The van der Waals surface area contributed by atoms with Gasteiger partial charge in [0.2, 0.25) is 0 Å². The molecule has 0 saturated carbocycles. The molecule has 4 rings (SSSR count). The van der Waals surface area contributed by atoms with Crippen LogP contribution in [0.25, 0.3) is 0 Å². The smallest absolute Gasteiger partial charge is 0.128 e. The van der Waals surface area contributed by atoms with Gasteiger partial charge in [0.25, 0.3) is 0 Å². The summed E-state index contributed by atoms with van der Waals surface area (Å²) in [6.07, 6.45) is 1.93. The van der Waals surface area contributed by atoms with Crippen LogP contribution in [0.15, 0.2) is 77.9 Å². The van der Waals surface area contributed by atoms with E-state index in [1.54, 1.807) is 0 Å². The van der Waals surface area contributed by atoms with E-state index in [0.29, 0.717) is 0 Å². The Hall–Kier alpha value is -3.11. The zero-order chi connectivity index (χ0) is 20.8. The van der Waals surface area contributed by atoms with Crippen molar-refractivity contribution in [3.63, 3.8) is 0 Å². The van der Waals surface area contributed by atoms with E-state index in [2.05, 4.69) is 48.0 Å². The minimum Gasteiger partial charge on any atom is -0.457 e. The summed E-state index contributed by atoms with van der Waals surface area (Å²) in [5, 5.41) is 6.85. The third-order valence-corrected chi connectivity index (χ3v) is 5.45. The first-order chi connectivity index (χ1) is 14.7. The van der Waals surface area contributed by atoms with Crippen LogP contribution in [-0.4, -0.2) is 42.3 Å². The first-order valence-electron chi connectivity index (χ1n) is 10.6. The number of benzene rings is 3. The summed E-state index contributed by atoms with van der Waals surface area (Å²) in [6, 6.07) is 24.6. The molecule has 1 aliphatic rings. The quantitative estimate of drug-likeness (QED) is 0.530. The van der Waals surface area contributed by atoms with Crippen LogP contribution in [0.1, 0.15) is 22.3 Å². The van der Waals surface area contributed by atoms with Gasteiger partial charge in [-0.15, -0.1) is 0 Å². The maximum Gasteiger partial charge on any atom is 0.128 e. The molecule has 0 unspecified atom stereocenters. The lowest BCUT2D eigenvalue weighted by Gasteiger charge is -2.33. The monoisotopic (exact) mass is 399 g/mol. The van der Waals surface area contributed by atoms with Crippen molar-refractivity contribution in [2.24, 2.45) is 5.10 Å². The SMILES string of the molecule is Cc1ccc(CN2CCN(/N=C\c3cccc(Oc4ccccc4)c3)CC2)c(C)c1. The second-order valence-corrected chi connectivity index (χ2v) is 7.89. The van der Waals surface area contributed by atoms with E-state index in [-0.39, 0.29) is 0 Å². The standard InChI is InChI=1S/C26H29N3O/c1-21-11-12-24(22(2)17-21)20-28-13-15-29(16-14-28)27-19-23-7-6-10-26(18-23)30-25-8-4-3-5-9-25/h3-12,17-19H,13-16,20H2,1-2H3/b27-19-. The highest BCUT2D eigenvalue weighted by Gasteiger charge is 2.16.